The molecule has 182 valence electrons. The van der Waals surface area contributed by atoms with Gasteiger partial charge in [-0.1, -0.05) is 13.8 Å². The van der Waals surface area contributed by atoms with E-state index in [0.717, 1.165) is 0 Å². The first kappa shape index (κ1) is 26.2. The third-order valence-electron chi connectivity index (χ3n) is 4.66. The monoisotopic (exact) mass is 471 g/mol. The van der Waals surface area contributed by atoms with E-state index < -0.39 is 30.4 Å². The lowest BCUT2D eigenvalue weighted by atomic mass is 10.0. The van der Waals surface area contributed by atoms with Gasteiger partial charge in [0, 0.05) is 29.9 Å². The van der Waals surface area contributed by atoms with Gasteiger partial charge in [0.05, 0.1) is 14.2 Å². The summed E-state index contributed by atoms with van der Waals surface area (Å²) in [5.74, 6) is -1.46. The van der Waals surface area contributed by atoms with Crippen LogP contribution >= 0.6 is 0 Å². The number of rotatable bonds is 10. The minimum atomic E-state index is -0.977. The Bertz CT molecular complexity index is 1010. The second-order valence-electron chi connectivity index (χ2n) is 7.71. The van der Waals surface area contributed by atoms with E-state index in [2.05, 4.69) is 16.0 Å². The van der Waals surface area contributed by atoms with Crippen LogP contribution in [0.1, 0.15) is 31.1 Å². The lowest BCUT2D eigenvalue weighted by Gasteiger charge is -2.21. The molecule has 0 aliphatic rings. The maximum atomic E-state index is 12.7. The van der Waals surface area contributed by atoms with E-state index in [4.69, 9.17) is 14.2 Å². The van der Waals surface area contributed by atoms with Crippen molar-refractivity contribution in [1.82, 2.24) is 5.32 Å². The second-order valence-corrected chi connectivity index (χ2v) is 7.71. The van der Waals surface area contributed by atoms with E-state index in [1.165, 1.54) is 33.3 Å². The number of hydrogen-bond acceptors (Lipinski definition) is 7. The van der Waals surface area contributed by atoms with Crippen molar-refractivity contribution in [2.24, 2.45) is 5.92 Å². The third-order valence-corrected chi connectivity index (χ3v) is 4.66. The van der Waals surface area contributed by atoms with Crippen molar-refractivity contribution >= 4 is 35.1 Å². The summed E-state index contributed by atoms with van der Waals surface area (Å²) >= 11 is 0. The van der Waals surface area contributed by atoms with Crippen LogP contribution in [0.15, 0.2) is 42.5 Å². The van der Waals surface area contributed by atoms with E-state index in [1.54, 1.807) is 44.2 Å². The second kappa shape index (κ2) is 12.2. The van der Waals surface area contributed by atoms with E-state index in [0.29, 0.717) is 22.9 Å². The highest BCUT2D eigenvalue weighted by atomic mass is 16.5. The number of anilines is 2. The highest BCUT2D eigenvalue weighted by molar-refractivity contribution is 5.98. The van der Waals surface area contributed by atoms with Crippen molar-refractivity contribution < 1.29 is 33.4 Å². The van der Waals surface area contributed by atoms with Gasteiger partial charge in [0.25, 0.3) is 11.8 Å². The lowest BCUT2D eigenvalue weighted by molar-refractivity contribution is -0.150. The first-order valence-electron chi connectivity index (χ1n) is 10.5. The molecule has 0 bridgehead atoms. The Morgan fingerprint density at radius 2 is 1.38 bits per heavy atom. The largest absolute Gasteiger partial charge is 0.497 e. The normalized spacial score (nSPS) is 11.2. The Hall–Kier alpha value is -4.08. The third kappa shape index (κ3) is 7.80. The zero-order chi connectivity index (χ0) is 25.3. The first-order valence-corrected chi connectivity index (χ1v) is 10.5. The van der Waals surface area contributed by atoms with Crippen molar-refractivity contribution in [3.8, 4) is 11.5 Å². The molecule has 1 atom stereocenters. The number of ether oxygens (including phenoxy) is 3. The summed E-state index contributed by atoms with van der Waals surface area (Å²) in [4.78, 5) is 48.6. The SMILES string of the molecule is COc1cc(OC)cc(C(=O)NC(C(=O)OCC(=O)Nc2ccc(NC(C)=O)cc2)C(C)C)c1. The molecule has 2 aromatic rings. The van der Waals surface area contributed by atoms with Gasteiger partial charge >= 0.3 is 5.97 Å². The van der Waals surface area contributed by atoms with Gasteiger partial charge in [-0.15, -0.1) is 0 Å². The van der Waals surface area contributed by atoms with Gasteiger partial charge in [-0.25, -0.2) is 4.79 Å². The summed E-state index contributed by atoms with van der Waals surface area (Å²) in [6.07, 6.45) is 0. The maximum absolute atomic E-state index is 12.7. The number of carbonyl (C=O) groups is 4. The molecule has 10 nitrogen and oxygen atoms in total. The van der Waals surface area contributed by atoms with Crippen molar-refractivity contribution in [3.05, 3.63) is 48.0 Å². The van der Waals surface area contributed by atoms with Crippen LogP contribution < -0.4 is 25.4 Å². The Morgan fingerprint density at radius 3 is 1.85 bits per heavy atom. The van der Waals surface area contributed by atoms with Gasteiger partial charge < -0.3 is 30.2 Å². The molecule has 1 unspecified atom stereocenters. The molecule has 0 heterocycles. The number of benzene rings is 2. The smallest absolute Gasteiger partial charge is 0.329 e. The van der Waals surface area contributed by atoms with Gasteiger partial charge in [0.1, 0.15) is 17.5 Å². The van der Waals surface area contributed by atoms with E-state index in [9.17, 15) is 19.2 Å². The van der Waals surface area contributed by atoms with Crippen LogP contribution in [0.4, 0.5) is 11.4 Å². The maximum Gasteiger partial charge on any atom is 0.329 e. The zero-order valence-corrected chi connectivity index (χ0v) is 19.8. The molecule has 0 saturated carbocycles. The minimum absolute atomic E-state index is 0.207. The molecule has 0 aliphatic carbocycles. The molecule has 3 amide bonds. The van der Waals surface area contributed by atoms with Crippen molar-refractivity contribution in [2.45, 2.75) is 26.8 Å². The summed E-state index contributed by atoms with van der Waals surface area (Å²) in [5.41, 5.74) is 1.30. The molecule has 2 rings (SSSR count). The summed E-state index contributed by atoms with van der Waals surface area (Å²) in [5, 5.41) is 7.85. The molecule has 2 aromatic carbocycles. The molecule has 10 heteroatoms. The van der Waals surface area contributed by atoms with Crippen molar-refractivity contribution in [1.29, 1.82) is 0 Å². The van der Waals surface area contributed by atoms with Crippen LogP contribution in [0.25, 0.3) is 0 Å². The average molecular weight is 472 g/mol. The van der Waals surface area contributed by atoms with Crippen LogP contribution in [0.2, 0.25) is 0 Å². The Kier molecular flexibility index (Phi) is 9.42. The Balaban J connectivity index is 1.96. The molecule has 0 saturated heterocycles. The molecule has 0 fully saturated rings. The molecule has 0 aromatic heterocycles. The summed E-state index contributed by atoms with van der Waals surface area (Å²) in [7, 11) is 2.93. The van der Waals surface area contributed by atoms with Gasteiger partial charge in [-0.2, -0.15) is 0 Å². The molecule has 0 radical (unpaired) electrons. The topological polar surface area (TPSA) is 132 Å². The fourth-order valence-corrected chi connectivity index (χ4v) is 2.92. The molecule has 0 aliphatic heterocycles. The predicted octanol–water partition coefficient (Wildman–Crippen LogP) is 2.60. The molecular formula is C24H29N3O7. The number of hydrogen-bond donors (Lipinski definition) is 3. The van der Waals surface area contributed by atoms with Crippen LogP contribution in [0.5, 0.6) is 11.5 Å². The van der Waals surface area contributed by atoms with Crippen molar-refractivity contribution in [2.75, 3.05) is 31.5 Å². The van der Waals surface area contributed by atoms with Crippen LogP contribution in [0.3, 0.4) is 0 Å². The predicted molar refractivity (Wildman–Crippen MR) is 126 cm³/mol. The van der Waals surface area contributed by atoms with E-state index >= 15 is 0 Å². The summed E-state index contributed by atoms with van der Waals surface area (Å²) in [6, 6.07) is 10.1. The standard InChI is InChI=1S/C24H29N3O7/c1-14(2)22(27-23(30)16-10-19(32-4)12-20(11-16)33-5)24(31)34-13-21(29)26-18-8-6-17(7-9-18)25-15(3)28/h6-12,14,22H,13H2,1-5H3,(H,25,28)(H,26,29)(H,27,30). The average Bonchev–Trinajstić information content (AvgIpc) is 2.81. The van der Waals surface area contributed by atoms with Gasteiger partial charge in [-0.3, -0.25) is 14.4 Å². The highest BCUT2D eigenvalue weighted by Gasteiger charge is 2.27. The van der Waals surface area contributed by atoms with E-state index in [-0.39, 0.29) is 17.4 Å². The highest BCUT2D eigenvalue weighted by Crippen LogP contribution is 2.22. The minimum Gasteiger partial charge on any atom is -0.497 e. The summed E-state index contributed by atoms with van der Waals surface area (Å²) in [6.45, 7) is 4.35. The quantitative estimate of drug-likeness (QED) is 0.454. The lowest BCUT2D eigenvalue weighted by Crippen LogP contribution is -2.46. The first-order chi connectivity index (χ1) is 16.1. The number of carbonyl (C=O) groups excluding carboxylic acids is 4. The number of methoxy groups -OCH3 is 2. The Labute approximate surface area is 198 Å². The molecule has 34 heavy (non-hydrogen) atoms. The molecular weight excluding hydrogens is 442 g/mol. The van der Waals surface area contributed by atoms with Gasteiger partial charge in [0.2, 0.25) is 5.91 Å². The van der Waals surface area contributed by atoms with E-state index in [1.807, 2.05) is 0 Å². The number of esters is 1. The zero-order valence-electron chi connectivity index (χ0n) is 19.8. The van der Waals surface area contributed by atoms with Crippen molar-refractivity contribution in [3.63, 3.8) is 0 Å². The summed E-state index contributed by atoms with van der Waals surface area (Å²) < 4.78 is 15.5. The van der Waals surface area contributed by atoms with Crippen LogP contribution in [-0.4, -0.2) is 50.6 Å². The van der Waals surface area contributed by atoms with Gasteiger partial charge in [0.15, 0.2) is 6.61 Å². The van der Waals surface area contributed by atoms with Gasteiger partial charge in [-0.05, 0) is 42.3 Å². The number of nitrogens with one attached hydrogen (secondary N) is 3. The fourth-order valence-electron chi connectivity index (χ4n) is 2.92. The number of amides is 3. The fraction of sp³-hybridized carbons (Fsp3) is 0.333. The van der Waals surface area contributed by atoms with Crippen LogP contribution in [0, 0.1) is 5.92 Å². The molecule has 3 N–H and O–H groups in total. The van der Waals surface area contributed by atoms with Crippen LogP contribution in [-0.2, 0) is 19.1 Å². The molecule has 0 spiro atoms. The Morgan fingerprint density at radius 1 is 0.853 bits per heavy atom.